The molecule has 0 aliphatic heterocycles. The Morgan fingerprint density at radius 1 is 1.14 bits per heavy atom. The molecular weight excluding hydrogens is 424 g/mol. The van der Waals surface area contributed by atoms with Gasteiger partial charge >= 0.3 is 0 Å². The van der Waals surface area contributed by atoms with Crippen LogP contribution < -0.4 is 15.4 Å². The molecule has 0 aromatic heterocycles. The first-order valence-electron chi connectivity index (χ1n) is 10.6. The van der Waals surface area contributed by atoms with Crippen LogP contribution in [0.4, 0.5) is 11.4 Å². The summed E-state index contributed by atoms with van der Waals surface area (Å²) in [6.45, 7) is 11.6. The van der Waals surface area contributed by atoms with Crippen molar-refractivity contribution >= 4 is 33.4 Å². The highest BCUT2D eigenvalue weighted by molar-refractivity contribution is 9.10. The fraction of sp³-hybridized carbons (Fsp3) is 0.440. The summed E-state index contributed by atoms with van der Waals surface area (Å²) < 4.78 is 6.71. The molecule has 160 valence electrons. The van der Waals surface area contributed by atoms with Crippen molar-refractivity contribution in [3.63, 3.8) is 0 Å². The molecule has 0 saturated heterocycles. The summed E-state index contributed by atoms with van der Waals surface area (Å²) in [5, 5.41) is 5.52. The van der Waals surface area contributed by atoms with E-state index in [4.69, 9.17) is 4.74 Å². The molecular formula is C25H38BrN2O+. The maximum atomic E-state index is 5.58. The average molecular weight is 462 g/mol. The number of hydrogen-bond donors (Lipinski definition) is 2. The molecule has 0 spiro atoms. The number of anilines is 1. The van der Waals surface area contributed by atoms with Gasteiger partial charge in [-0.2, -0.15) is 0 Å². The van der Waals surface area contributed by atoms with Gasteiger partial charge in [0.25, 0.3) is 0 Å². The molecule has 0 fully saturated rings. The lowest BCUT2D eigenvalue weighted by molar-refractivity contribution is -0.540. The first-order chi connectivity index (χ1) is 14.0. The largest absolute Gasteiger partial charge is 0.496 e. The van der Waals surface area contributed by atoms with Crippen molar-refractivity contribution in [3.05, 3.63) is 58.1 Å². The van der Waals surface area contributed by atoms with Crippen LogP contribution in [-0.2, 0) is 5.41 Å². The van der Waals surface area contributed by atoms with Crippen LogP contribution in [0.3, 0.4) is 0 Å². The Balaban J connectivity index is 0.00000204. The lowest BCUT2D eigenvalue weighted by Crippen LogP contribution is -2.73. The van der Waals surface area contributed by atoms with Gasteiger partial charge in [-0.15, -0.1) is 0 Å². The topological polar surface area (TPSA) is 37.9 Å². The average Bonchev–Trinajstić information content (AvgIpc) is 2.76. The molecule has 1 unspecified atom stereocenters. The molecule has 0 radical (unpaired) electrons. The molecule has 0 saturated carbocycles. The molecule has 0 bridgehead atoms. The van der Waals surface area contributed by atoms with Gasteiger partial charge in [0.2, 0.25) is 0 Å². The van der Waals surface area contributed by atoms with Crippen molar-refractivity contribution in [2.24, 2.45) is 0 Å². The van der Waals surface area contributed by atoms with Gasteiger partial charge < -0.3 is 15.4 Å². The lowest BCUT2D eigenvalue weighted by Gasteiger charge is -2.28. The van der Waals surface area contributed by atoms with E-state index >= 15 is 0 Å². The molecule has 2 rings (SSSR count). The highest BCUT2D eigenvalue weighted by Gasteiger charge is 2.27. The van der Waals surface area contributed by atoms with Crippen LogP contribution in [0.5, 0.6) is 5.75 Å². The minimum atomic E-state index is 0.0824. The molecule has 3 nitrogen and oxygen atoms in total. The van der Waals surface area contributed by atoms with E-state index in [1.54, 1.807) is 7.11 Å². The van der Waals surface area contributed by atoms with Gasteiger partial charge in [0.1, 0.15) is 11.4 Å². The van der Waals surface area contributed by atoms with Gasteiger partial charge in [-0.25, -0.2) is 0 Å². The molecule has 29 heavy (non-hydrogen) atoms. The number of halogens is 1. The number of rotatable bonds is 9. The van der Waals surface area contributed by atoms with E-state index in [1.807, 2.05) is 13.8 Å². The van der Waals surface area contributed by atoms with E-state index in [1.165, 1.54) is 11.3 Å². The summed E-state index contributed by atoms with van der Waals surface area (Å²) >= 11 is 3.64. The van der Waals surface area contributed by atoms with Crippen LogP contribution in [0, 0.1) is 0 Å². The second kappa shape index (κ2) is 12.7. The third-order valence-electron chi connectivity index (χ3n) is 5.24. The number of hydrogen-bond acceptors (Lipinski definition) is 2. The van der Waals surface area contributed by atoms with Gasteiger partial charge in [0.15, 0.2) is 0 Å². The third kappa shape index (κ3) is 6.90. The highest BCUT2D eigenvalue weighted by atomic mass is 79.9. The molecule has 3 N–H and O–H groups in total. The van der Waals surface area contributed by atoms with E-state index in [0.717, 1.165) is 40.9 Å². The fourth-order valence-corrected chi connectivity index (χ4v) is 3.72. The molecule has 2 aromatic rings. The van der Waals surface area contributed by atoms with Crippen LogP contribution in [0.1, 0.15) is 58.6 Å². The lowest BCUT2D eigenvalue weighted by atomic mass is 9.76. The van der Waals surface area contributed by atoms with Crippen molar-refractivity contribution < 1.29 is 10.1 Å². The predicted molar refractivity (Wildman–Crippen MR) is 131 cm³/mol. The summed E-state index contributed by atoms with van der Waals surface area (Å²) in [6, 6.07) is 12.8. The maximum absolute atomic E-state index is 5.58. The summed E-state index contributed by atoms with van der Waals surface area (Å²) in [7, 11) is 3.83. The zero-order valence-electron chi connectivity index (χ0n) is 19.1. The number of benzene rings is 2. The van der Waals surface area contributed by atoms with E-state index in [-0.39, 0.29) is 5.41 Å². The minimum absolute atomic E-state index is 0.0824. The quantitative estimate of drug-likeness (QED) is 0.417. The smallest absolute Gasteiger partial charge is 0.133 e. The summed E-state index contributed by atoms with van der Waals surface area (Å²) in [5.41, 5.74) is 4.97. The number of quaternary nitrogens is 1. The Kier molecular flexibility index (Phi) is 11.1. The van der Waals surface area contributed by atoms with Gasteiger partial charge in [0.05, 0.1) is 14.2 Å². The number of nitrogens with two attached hydrogens (primary N) is 1. The number of methoxy groups -OCH3 is 1. The van der Waals surface area contributed by atoms with Crippen LogP contribution in [-0.4, -0.2) is 20.7 Å². The summed E-state index contributed by atoms with van der Waals surface area (Å²) in [4.78, 5) is 0. The highest BCUT2D eigenvalue weighted by Crippen LogP contribution is 2.37. The first kappa shape index (κ1) is 25.3. The predicted octanol–water partition coefficient (Wildman–Crippen LogP) is 6.51. The Labute approximate surface area is 186 Å². The molecule has 0 aliphatic rings. The molecule has 0 amide bonds. The SMILES string of the molecule is CC.CCNc1ccc(/C=C/CC(C)(CC)c2cc(Br)ccc2[NH2+]C)c(OC)c1. The zero-order chi connectivity index (χ0) is 21.9. The molecule has 2 aromatic carbocycles. The monoisotopic (exact) mass is 461 g/mol. The number of ether oxygens (including phenoxy) is 1. The number of allylic oxidation sites excluding steroid dienone is 1. The molecule has 0 aliphatic carbocycles. The van der Waals surface area contributed by atoms with Crippen LogP contribution in [0.25, 0.3) is 6.08 Å². The Bertz CT molecular complexity index is 788. The second-order valence-electron chi connectivity index (χ2n) is 7.03. The molecule has 0 heterocycles. The summed E-state index contributed by atoms with van der Waals surface area (Å²) in [6.07, 6.45) is 6.49. The van der Waals surface area contributed by atoms with E-state index in [9.17, 15) is 0 Å². The van der Waals surface area contributed by atoms with Gasteiger partial charge in [-0.1, -0.05) is 55.8 Å². The number of nitrogens with one attached hydrogen (secondary N) is 1. The van der Waals surface area contributed by atoms with Gasteiger partial charge in [-0.3, -0.25) is 0 Å². The Hall–Kier alpha value is -1.78. The normalized spacial score (nSPS) is 12.8. The van der Waals surface area contributed by atoms with Crippen molar-refractivity contribution in [1.29, 1.82) is 0 Å². The van der Waals surface area contributed by atoms with Crippen LogP contribution >= 0.6 is 15.9 Å². The van der Waals surface area contributed by atoms with Gasteiger partial charge in [-0.05, 0) is 44.0 Å². The van der Waals surface area contributed by atoms with Crippen molar-refractivity contribution in [2.75, 3.05) is 26.0 Å². The van der Waals surface area contributed by atoms with E-state index in [2.05, 4.69) is 103 Å². The molecule has 1 atom stereocenters. The minimum Gasteiger partial charge on any atom is -0.496 e. The van der Waals surface area contributed by atoms with E-state index < -0.39 is 0 Å². The van der Waals surface area contributed by atoms with Crippen molar-refractivity contribution in [3.8, 4) is 5.75 Å². The van der Waals surface area contributed by atoms with E-state index in [0.29, 0.717) is 0 Å². The zero-order valence-corrected chi connectivity index (χ0v) is 20.7. The first-order valence-corrected chi connectivity index (χ1v) is 11.4. The van der Waals surface area contributed by atoms with Crippen LogP contribution in [0.2, 0.25) is 0 Å². The van der Waals surface area contributed by atoms with Crippen molar-refractivity contribution in [2.45, 2.75) is 52.9 Å². The fourth-order valence-electron chi connectivity index (χ4n) is 3.36. The maximum Gasteiger partial charge on any atom is 0.133 e. The second-order valence-corrected chi connectivity index (χ2v) is 7.94. The van der Waals surface area contributed by atoms with Gasteiger partial charge in [0, 0.05) is 45.4 Å². The van der Waals surface area contributed by atoms with Crippen molar-refractivity contribution in [1.82, 2.24) is 0 Å². The Morgan fingerprint density at radius 3 is 2.45 bits per heavy atom. The summed E-state index contributed by atoms with van der Waals surface area (Å²) in [5.74, 6) is 0.896. The standard InChI is InChI=1S/C23H31BrN2O.C2H6/c1-6-23(3,20-15-18(24)11-13-21(20)25-4)14-8-9-17-10-12-19(26-7-2)16-22(17)27-5;1-2/h8-13,15-16,25-26H,6-7,14H2,1-5H3;1-2H3/p+1/b9-8+;. The van der Waals surface area contributed by atoms with Crippen LogP contribution in [0.15, 0.2) is 46.9 Å². The Morgan fingerprint density at radius 2 is 1.86 bits per heavy atom. The molecule has 4 heteroatoms. The third-order valence-corrected chi connectivity index (χ3v) is 5.73.